The second-order valence-corrected chi connectivity index (χ2v) is 10.3. The zero-order chi connectivity index (χ0) is 30.9. The van der Waals surface area contributed by atoms with Gasteiger partial charge in [-0.05, 0) is 35.8 Å². The van der Waals surface area contributed by atoms with E-state index in [1.807, 2.05) is 48.7 Å². The third kappa shape index (κ3) is 8.72. The molecule has 1 aromatic heterocycles. The monoisotopic (exact) mass is 595 g/mol. The number of aromatic nitrogens is 1. The maximum absolute atomic E-state index is 12.4. The van der Waals surface area contributed by atoms with Crippen LogP contribution in [0.2, 0.25) is 0 Å². The summed E-state index contributed by atoms with van der Waals surface area (Å²) in [6.07, 6.45) is -1.18. The lowest BCUT2D eigenvalue weighted by molar-refractivity contribution is -0.309. The van der Waals surface area contributed by atoms with Crippen molar-refractivity contribution in [3.8, 4) is 0 Å². The summed E-state index contributed by atoms with van der Waals surface area (Å²) < 4.78 is 15.8. The largest absolute Gasteiger partial charge is 0.457 e. The molecule has 3 aromatic rings. The number of fused-ring (bicyclic) bond motifs is 1. The summed E-state index contributed by atoms with van der Waals surface area (Å²) >= 11 is 0. The van der Waals surface area contributed by atoms with Gasteiger partial charge in [0.05, 0.1) is 12.7 Å². The van der Waals surface area contributed by atoms with Crippen LogP contribution in [0.1, 0.15) is 37.5 Å². The van der Waals surface area contributed by atoms with Gasteiger partial charge in [0.1, 0.15) is 6.10 Å². The van der Waals surface area contributed by atoms with Crippen LogP contribution in [-0.2, 0) is 46.5 Å². The second kappa shape index (κ2) is 14.9. The first kappa shape index (κ1) is 31.9. The molecule has 4 rings (SSSR count). The third-order valence-electron chi connectivity index (χ3n) is 6.93. The van der Waals surface area contributed by atoms with Gasteiger partial charge in [-0.2, -0.15) is 0 Å². The topological polar surface area (TPSA) is 160 Å². The molecule has 0 spiro atoms. The minimum absolute atomic E-state index is 0.0402. The highest BCUT2D eigenvalue weighted by molar-refractivity contribution is 5.91. The fourth-order valence-corrected chi connectivity index (χ4v) is 4.93. The molecule has 5 atom stereocenters. The zero-order valence-corrected chi connectivity index (χ0v) is 24.3. The van der Waals surface area contributed by atoms with Crippen LogP contribution >= 0.6 is 0 Å². The smallest absolute Gasteiger partial charge is 0.303 e. The fraction of sp³-hybridized carbons (Fsp3) is 0.387. The molecule has 0 radical (unpaired) electrons. The number of para-hydroxylation sites is 1. The number of H-pyrrole nitrogens is 1. The van der Waals surface area contributed by atoms with Crippen molar-refractivity contribution in [2.75, 3.05) is 13.2 Å². The Morgan fingerprint density at radius 2 is 1.72 bits per heavy atom. The summed E-state index contributed by atoms with van der Waals surface area (Å²) in [6, 6.07) is 15.8. The van der Waals surface area contributed by atoms with Crippen LogP contribution in [0.15, 0.2) is 60.8 Å². The molecule has 2 aromatic carbocycles. The SMILES string of the molecule is CC(=O)O[C@@H]1[C@H](ONC(=O)/C=C/c2ccc(CN(CCO)Cc3c[nH]c4ccccc34)cc2)O[C@@H](C)[C@@H](OC(C)=O)[C@H]1O. The van der Waals surface area contributed by atoms with Gasteiger partial charge in [-0.3, -0.25) is 19.3 Å². The molecule has 43 heavy (non-hydrogen) atoms. The van der Waals surface area contributed by atoms with Gasteiger partial charge in [-0.25, -0.2) is 10.3 Å². The van der Waals surface area contributed by atoms with Gasteiger partial charge in [0.15, 0.2) is 12.2 Å². The maximum Gasteiger partial charge on any atom is 0.303 e. The number of nitrogens with one attached hydrogen (secondary N) is 2. The number of esters is 2. The Balaban J connectivity index is 1.32. The van der Waals surface area contributed by atoms with Gasteiger partial charge in [-0.1, -0.05) is 42.5 Å². The lowest BCUT2D eigenvalue weighted by Gasteiger charge is -2.41. The molecule has 12 nitrogen and oxygen atoms in total. The van der Waals surface area contributed by atoms with Crippen LogP contribution in [0, 0.1) is 0 Å². The lowest BCUT2D eigenvalue weighted by Crippen LogP contribution is -2.60. The standard InChI is InChI=1S/C31H37N3O9/c1-19-29(41-20(2)36)28(39)30(42-21(3)37)31(40-19)43-33-27(38)13-12-22-8-10-23(11-9-22)17-34(14-15-35)18-24-16-32-26-7-5-4-6-25(24)26/h4-13,16,19,28-32,35,39H,14-15,17-18H2,1-3H3,(H,33,38)/b13-12+/t19-,28+,29+,30-,31-/m0/s1. The number of rotatable bonds is 12. The molecule has 1 fully saturated rings. The van der Waals surface area contributed by atoms with E-state index in [4.69, 9.17) is 19.0 Å². The highest BCUT2D eigenvalue weighted by atomic mass is 16.8. The van der Waals surface area contributed by atoms with Gasteiger partial charge in [0, 0.05) is 56.7 Å². The van der Waals surface area contributed by atoms with Crippen LogP contribution in [0.5, 0.6) is 0 Å². The summed E-state index contributed by atoms with van der Waals surface area (Å²) in [5.74, 6) is -1.98. The summed E-state index contributed by atoms with van der Waals surface area (Å²) in [5.41, 5.74) is 6.25. The highest BCUT2D eigenvalue weighted by Gasteiger charge is 2.48. The summed E-state index contributed by atoms with van der Waals surface area (Å²) in [5, 5.41) is 21.4. The molecule has 230 valence electrons. The molecule has 0 unspecified atom stereocenters. The van der Waals surface area contributed by atoms with E-state index < -0.39 is 48.6 Å². The van der Waals surface area contributed by atoms with Crippen molar-refractivity contribution in [2.24, 2.45) is 0 Å². The first-order chi connectivity index (χ1) is 20.6. The van der Waals surface area contributed by atoms with E-state index in [9.17, 15) is 24.6 Å². The lowest BCUT2D eigenvalue weighted by atomic mass is 9.99. The number of aromatic amines is 1. The number of amides is 1. The van der Waals surface area contributed by atoms with Crippen molar-refractivity contribution in [1.29, 1.82) is 0 Å². The minimum atomic E-state index is -1.44. The summed E-state index contributed by atoms with van der Waals surface area (Å²) in [6.45, 7) is 5.74. The van der Waals surface area contributed by atoms with Gasteiger partial charge in [-0.15, -0.1) is 0 Å². The van der Waals surface area contributed by atoms with Gasteiger partial charge < -0.3 is 29.4 Å². The molecule has 0 saturated carbocycles. The van der Waals surface area contributed by atoms with E-state index in [2.05, 4.69) is 21.4 Å². The average molecular weight is 596 g/mol. The molecule has 0 bridgehead atoms. The number of hydrogen-bond acceptors (Lipinski definition) is 10. The number of nitrogens with zero attached hydrogens (tertiary/aromatic N) is 1. The van der Waals surface area contributed by atoms with E-state index in [1.165, 1.54) is 13.0 Å². The van der Waals surface area contributed by atoms with Crippen molar-refractivity contribution in [1.82, 2.24) is 15.4 Å². The molecular formula is C31H37N3O9. The molecule has 1 amide bonds. The number of aliphatic hydroxyl groups excluding tert-OH is 2. The summed E-state index contributed by atoms with van der Waals surface area (Å²) in [7, 11) is 0. The number of benzene rings is 2. The number of ether oxygens (including phenoxy) is 3. The van der Waals surface area contributed by atoms with E-state index >= 15 is 0 Å². The van der Waals surface area contributed by atoms with Gasteiger partial charge in [0.25, 0.3) is 5.91 Å². The van der Waals surface area contributed by atoms with Crippen LogP contribution in [-0.4, -0.2) is 81.8 Å². The quantitative estimate of drug-likeness (QED) is 0.139. The van der Waals surface area contributed by atoms with Crippen molar-refractivity contribution < 1.29 is 43.6 Å². The number of hydroxylamine groups is 1. The number of carbonyl (C=O) groups excluding carboxylic acids is 3. The van der Waals surface area contributed by atoms with E-state index in [0.29, 0.717) is 19.6 Å². The Morgan fingerprint density at radius 1 is 1.02 bits per heavy atom. The first-order valence-electron chi connectivity index (χ1n) is 13.9. The van der Waals surface area contributed by atoms with Gasteiger partial charge in [0.2, 0.25) is 6.29 Å². The fourth-order valence-electron chi connectivity index (χ4n) is 4.93. The summed E-state index contributed by atoms with van der Waals surface area (Å²) in [4.78, 5) is 46.2. The maximum atomic E-state index is 12.4. The molecular weight excluding hydrogens is 558 g/mol. The van der Waals surface area contributed by atoms with E-state index in [1.54, 1.807) is 13.0 Å². The molecule has 0 aliphatic carbocycles. The minimum Gasteiger partial charge on any atom is -0.457 e. The number of aliphatic hydroxyl groups is 2. The van der Waals surface area contributed by atoms with Crippen molar-refractivity contribution in [3.05, 3.63) is 77.5 Å². The van der Waals surface area contributed by atoms with E-state index in [0.717, 1.165) is 34.5 Å². The van der Waals surface area contributed by atoms with Crippen LogP contribution in [0.25, 0.3) is 17.0 Å². The zero-order valence-electron chi connectivity index (χ0n) is 24.3. The Labute approximate surface area is 249 Å². The number of carbonyl (C=O) groups is 3. The second-order valence-electron chi connectivity index (χ2n) is 10.3. The normalized spacial score (nSPS) is 22.1. The molecule has 1 aliphatic heterocycles. The van der Waals surface area contributed by atoms with Crippen molar-refractivity contribution in [3.63, 3.8) is 0 Å². The van der Waals surface area contributed by atoms with E-state index in [-0.39, 0.29) is 6.61 Å². The first-order valence-corrected chi connectivity index (χ1v) is 13.9. The van der Waals surface area contributed by atoms with Crippen LogP contribution in [0.3, 0.4) is 0 Å². The Morgan fingerprint density at radius 3 is 2.42 bits per heavy atom. The molecule has 1 aliphatic rings. The average Bonchev–Trinajstić information content (AvgIpc) is 3.38. The number of hydrogen-bond donors (Lipinski definition) is 4. The predicted octanol–water partition coefficient (Wildman–Crippen LogP) is 2.19. The predicted molar refractivity (Wildman–Crippen MR) is 156 cm³/mol. The Kier molecular flexibility index (Phi) is 11.0. The molecule has 2 heterocycles. The van der Waals surface area contributed by atoms with Crippen LogP contribution < -0.4 is 5.48 Å². The Bertz CT molecular complexity index is 1420. The third-order valence-corrected chi connectivity index (χ3v) is 6.93. The van der Waals surface area contributed by atoms with Crippen LogP contribution in [0.4, 0.5) is 0 Å². The molecule has 12 heteroatoms. The highest BCUT2D eigenvalue weighted by Crippen LogP contribution is 2.26. The van der Waals surface area contributed by atoms with Crippen molar-refractivity contribution >= 4 is 34.8 Å². The van der Waals surface area contributed by atoms with Gasteiger partial charge >= 0.3 is 11.9 Å². The molecule has 1 saturated heterocycles. The Hall–Kier alpha value is -4.07. The van der Waals surface area contributed by atoms with Crippen molar-refractivity contribution in [2.45, 2.75) is 64.6 Å². The molecule has 4 N–H and O–H groups in total.